The zero-order chi connectivity index (χ0) is 35.0. The molecule has 2 saturated heterocycles. The van der Waals surface area contributed by atoms with Crippen molar-refractivity contribution in [3.05, 3.63) is 40.0 Å². The van der Waals surface area contributed by atoms with Gasteiger partial charge < -0.3 is 24.6 Å². The maximum absolute atomic E-state index is 10.9. The zero-order valence-corrected chi connectivity index (χ0v) is 31.2. The molecule has 0 bridgehead atoms. The number of hydrogen-bond donors (Lipinski definition) is 1. The largest absolute Gasteiger partial charge is 0.394 e. The Balaban J connectivity index is 0.000000268. The number of likely N-dealkylation sites (tertiary alicyclic amines) is 2. The van der Waals surface area contributed by atoms with E-state index in [0.717, 1.165) is 82.3 Å². The first kappa shape index (κ1) is 39.9. The van der Waals surface area contributed by atoms with E-state index in [2.05, 4.69) is 49.7 Å². The molecule has 1 N–H and O–H groups in total. The molecule has 0 radical (unpaired) electrons. The molecule has 2 aliphatic heterocycles. The van der Waals surface area contributed by atoms with E-state index in [-0.39, 0.29) is 5.60 Å². The highest BCUT2D eigenvalue weighted by molar-refractivity contribution is 7.16. The first-order valence-corrected chi connectivity index (χ1v) is 17.6. The van der Waals surface area contributed by atoms with Gasteiger partial charge in [-0.3, -0.25) is 9.69 Å². The molecule has 2 atom stereocenters. The number of anilines is 2. The second-order valence-electron chi connectivity index (χ2n) is 12.4. The Morgan fingerprint density at radius 2 is 1.87 bits per heavy atom. The number of ether oxygens (including phenoxy) is 1. The maximum atomic E-state index is 10.9. The summed E-state index contributed by atoms with van der Waals surface area (Å²) in [5, 5.41) is 11.5. The topological polar surface area (TPSA) is 122 Å². The molecule has 5 heterocycles. The van der Waals surface area contributed by atoms with Crippen molar-refractivity contribution in [2.24, 2.45) is 5.16 Å². The molecular weight excluding hydrogens is 635 g/mol. The number of rotatable bonds is 8. The second-order valence-corrected chi connectivity index (χ2v) is 14.5. The summed E-state index contributed by atoms with van der Waals surface area (Å²) >= 11 is 3.26. The zero-order valence-electron chi connectivity index (χ0n) is 29.5. The molecule has 47 heavy (non-hydrogen) atoms. The highest BCUT2D eigenvalue weighted by Gasteiger charge is 2.24. The van der Waals surface area contributed by atoms with E-state index in [4.69, 9.17) is 14.4 Å². The summed E-state index contributed by atoms with van der Waals surface area (Å²) in [5.41, 5.74) is 4.31. The highest BCUT2D eigenvalue weighted by atomic mass is 32.1. The lowest BCUT2D eigenvalue weighted by Crippen LogP contribution is -2.41. The second kappa shape index (κ2) is 20.2. The molecule has 3 aromatic heterocycles. The number of likely N-dealkylation sites (N-methyl/N-ethyl adjacent to an activating group) is 1. The molecular formula is C34H53N7O4S2. The Kier molecular flexibility index (Phi) is 17.1. The van der Waals surface area contributed by atoms with E-state index in [1.165, 1.54) is 12.8 Å². The van der Waals surface area contributed by atoms with E-state index >= 15 is 0 Å². The average Bonchev–Trinajstić information content (AvgIpc) is 3.79. The molecule has 5 rings (SSSR count). The van der Waals surface area contributed by atoms with Crippen LogP contribution in [-0.4, -0.2) is 95.2 Å². The molecule has 2 fully saturated rings. The van der Waals surface area contributed by atoms with Crippen LogP contribution in [-0.2, 0) is 19.2 Å². The van der Waals surface area contributed by atoms with E-state index in [1.807, 2.05) is 71.6 Å². The summed E-state index contributed by atoms with van der Waals surface area (Å²) in [6.45, 7) is 18.9. The van der Waals surface area contributed by atoms with Crippen molar-refractivity contribution in [1.82, 2.24) is 24.8 Å². The summed E-state index contributed by atoms with van der Waals surface area (Å²) in [7, 11) is 3.85. The van der Waals surface area contributed by atoms with Crippen molar-refractivity contribution in [2.45, 2.75) is 98.3 Å². The number of carbonyl (C=O) groups is 2. The van der Waals surface area contributed by atoms with Gasteiger partial charge >= 0.3 is 0 Å². The summed E-state index contributed by atoms with van der Waals surface area (Å²) in [4.78, 5) is 43.2. The summed E-state index contributed by atoms with van der Waals surface area (Å²) in [5.74, 6) is 0.814. The maximum Gasteiger partial charge on any atom is 0.209 e. The van der Waals surface area contributed by atoms with Gasteiger partial charge in [0.15, 0.2) is 5.13 Å². The number of thiazole rings is 2. The Morgan fingerprint density at radius 1 is 1.15 bits per heavy atom. The number of oxime groups is 1. The van der Waals surface area contributed by atoms with E-state index in [1.54, 1.807) is 29.8 Å². The SMILES string of the molecule is C=O.CC[C@H]1C/C(=N/OCC2CCCN2C)CCN1C=O.COC(C)(C)C.Cc1ccc(Nc2nc(-c3sc(C)nc3C)cs2)nc1. The van der Waals surface area contributed by atoms with Crippen LogP contribution in [0, 0.1) is 20.8 Å². The summed E-state index contributed by atoms with van der Waals surface area (Å²) in [6.07, 6.45) is 7.94. The van der Waals surface area contributed by atoms with Crippen LogP contribution >= 0.6 is 22.7 Å². The number of aromatic nitrogens is 3. The lowest BCUT2D eigenvalue weighted by Gasteiger charge is -2.32. The normalized spacial score (nSPS) is 18.7. The van der Waals surface area contributed by atoms with E-state index < -0.39 is 0 Å². The summed E-state index contributed by atoms with van der Waals surface area (Å²) in [6, 6.07) is 4.79. The monoisotopic (exact) mass is 687 g/mol. The number of piperidine rings is 1. The number of pyridine rings is 1. The number of methoxy groups -OCH3 is 1. The van der Waals surface area contributed by atoms with Gasteiger partial charge in [0.05, 0.1) is 32.6 Å². The lowest BCUT2D eigenvalue weighted by atomic mass is 9.99. The van der Waals surface area contributed by atoms with Gasteiger partial charge in [-0.25, -0.2) is 15.0 Å². The first-order valence-electron chi connectivity index (χ1n) is 15.9. The van der Waals surface area contributed by atoms with Crippen LogP contribution in [0.2, 0.25) is 0 Å². The third kappa shape index (κ3) is 13.8. The fourth-order valence-corrected chi connectivity index (χ4v) is 6.46. The van der Waals surface area contributed by atoms with Gasteiger partial charge in [0.1, 0.15) is 19.2 Å². The molecule has 11 nitrogen and oxygen atoms in total. The molecule has 3 aromatic rings. The molecule has 0 saturated carbocycles. The van der Waals surface area contributed by atoms with Crippen LogP contribution in [0.4, 0.5) is 10.9 Å². The number of amides is 1. The van der Waals surface area contributed by atoms with E-state index in [0.29, 0.717) is 18.7 Å². The highest BCUT2D eigenvalue weighted by Crippen LogP contribution is 2.32. The number of nitrogens with zero attached hydrogens (tertiary/aromatic N) is 6. The predicted octanol–water partition coefficient (Wildman–Crippen LogP) is 7.06. The molecule has 0 spiro atoms. The van der Waals surface area contributed by atoms with E-state index in [9.17, 15) is 4.79 Å². The number of hydrogen-bond acceptors (Lipinski definition) is 12. The van der Waals surface area contributed by atoms with Crippen LogP contribution in [0.1, 0.15) is 76.1 Å². The van der Waals surface area contributed by atoms with Crippen molar-refractivity contribution < 1.29 is 19.2 Å². The minimum Gasteiger partial charge on any atom is -0.394 e. The van der Waals surface area contributed by atoms with Gasteiger partial charge in [-0.1, -0.05) is 18.1 Å². The van der Waals surface area contributed by atoms with Gasteiger partial charge in [-0.2, -0.15) is 0 Å². The molecule has 1 amide bonds. The van der Waals surface area contributed by atoms with Gasteiger partial charge in [-0.15, -0.1) is 22.7 Å². The molecule has 0 aliphatic carbocycles. The van der Waals surface area contributed by atoms with Crippen molar-refractivity contribution in [2.75, 3.05) is 39.2 Å². The molecule has 0 aromatic carbocycles. The number of aryl methyl sites for hydroxylation is 3. The summed E-state index contributed by atoms with van der Waals surface area (Å²) < 4.78 is 4.94. The van der Waals surface area contributed by atoms with Gasteiger partial charge in [0, 0.05) is 50.2 Å². The van der Waals surface area contributed by atoms with Crippen molar-refractivity contribution in [3.63, 3.8) is 0 Å². The fourth-order valence-electron chi connectivity index (χ4n) is 4.79. The molecule has 1 unspecified atom stereocenters. The smallest absolute Gasteiger partial charge is 0.209 e. The first-order chi connectivity index (χ1) is 22.4. The Labute approximate surface area is 288 Å². The minimum atomic E-state index is 0.0417. The predicted molar refractivity (Wildman–Crippen MR) is 194 cm³/mol. The van der Waals surface area contributed by atoms with Crippen LogP contribution in [0.3, 0.4) is 0 Å². The third-order valence-corrected chi connectivity index (χ3v) is 9.59. The van der Waals surface area contributed by atoms with Crippen molar-refractivity contribution >= 4 is 52.5 Å². The average molecular weight is 688 g/mol. The minimum absolute atomic E-state index is 0.0417. The quantitative estimate of drug-likeness (QED) is 0.196. The van der Waals surface area contributed by atoms with Gasteiger partial charge in [0.25, 0.3) is 0 Å². The van der Waals surface area contributed by atoms with Crippen LogP contribution in [0.5, 0.6) is 0 Å². The lowest BCUT2D eigenvalue weighted by molar-refractivity contribution is -0.120. The Hall–Kier alpha value is -3.26. The van der Waals surface area contributed by atoms with Gasteiger partial charge in [0.2, 0.25) is 6.41 Å². The molecule has 2 aliphatic rings. The number of nitrogens with one attached hydrogen (secondary N) is 1. The fraction of sp³-hybridized carbons (Fsp3) is 0.588. The van der Waals surface area contributed by atoms with Crippen LogP contribution < -0.4 is 5.32 Å². The molecule has 13 heteroatoms. The third-order valence-electron chi connectivity index (χ3n) is 7.74. The molecule has 260 valence electrons. The van der Waals surface area contributed by atoms with Crippen LogP contribution in [0.15, 0.2) is 28.9 Å². The standard InChI is InChI=1S/C14H14N4S2.C14H25N3O2.C5H12O.CH2O/c1-8-4-5-12(15-6-8)18-14-17-11(7-19-14)13-9(2)16-10(3)20-13;1-3-13-9-12(6-8-17(13)11-18)15-19-10-14-5-4-7-16(14)2;1-5(2,3)6-4;1-2/h4-7H,1-3H3,(H,15,17,18);11,13-14H,3-10H2,1-2H3;1-4H3;1H2/b;15-12+;;/t;13-,14?;;/m.0../s1. The Bertz CT molecular complexity index is 1370. The van der Waals surface area contributed by atoms with Crippen LogP contribution in [0.25, 0.3) is 10.6 Å². The Morgan fingerprint density at radius 3 is 2.40 bits per heavy atom. The van der Waals surface area contributed by atoms with Gasteiger partial charge in [-0.05, 0) is 86.0 Å². The van der Waals surface area contributed by atoms with Crippen molar-refractivity contribution in [3.8, 4) is 10.6 Å². The number of carbonyl (C=O) groups excluding carboxylic acids is 2. The van der Waals surface area contributed by atoms with Crippen molar-refractivity contribution in [1.29, 1.82) is 0 Å².